The molecule has 11 heteroatoms. The number of aliphatic hydroxyl groups is 1. The van der Waals surface area contributed by atoms with E-state index in [0.717, 1.165) is 0 Å². The number of alkyl halides is 3. The van der Waals surface area contributed by atoms with Crippen molar-refractivity contribution < 1.29 is 37.0 Å². The van der Waals surface area contributed by atoms with E-state index in [0.29, 0.717) is 34.6 Å². The van der Waals surface area contributed by atoms with Crippen molar-refractivity contribution in [3.8, 4) is 5.75 Å². The number of ether oxygens (including phenoxy) is 2. The van der Waals surface area contributed by atoms with Crippen molar-refractivity contribution in [2.24, 2.45) is 0 Å². The van der Waals surface area contributed by atoms with E-state index in [1.165, 1.54) is 12.5 Å². The molecular formula is C18H17F3N2O5S. The Morgan fingerprint density at radius 3 is 2.86 bits per heavy atom. The first-order valence-corrected chi connectivity index (χ1v) is 9.32. The van der Waals surface area contributed by atoms with Gasteiger partial charge in [-0.3, -0.25) is 0 Å². The van der Waals surface area contributed by atoms with Crippen LogP contribution in [0.2, 0.25) is 0 Å². The Balaban J connectivity index is 1.45. The van der Waals surface area contributed by atoms with Crippen LogP contribution in [0.5, 0.6) is 5.75 Å². The van der Waals surface area contributed by atoms with Crippen molar-refractivity contribution in [2.45, 2.75) is 12.3 Å². The summed E-state index contributed by atoms with van der Waals surface area (Å²) >= 11 is 0.446. The van der Waals surface area contributed by atoms with E-state index in [1.807, 2.05) is 0 Å². The van der Waals surface area contributed by atoms with E-state index in [2.05, 4.69) is 15.0 Å². The number of fused-ring (bicyclic) bond motifs is 1. The van der Waals surface area contributed by atoms with E-state index >= 15 is 0 Å². The fraction of sp³-hybridized carbons (Fsp3) is 0.333. The lowest BCUT2D eigenvalue weighted by atomic mass is 10.2. The maximum absolute atomic E-state index is 12.5. The highest BCUT2D eigenvalue weighted by atomic mass is 32.1. The molecule has 3 rings (SSSR count). The number of aromatic nitrogens is 1. The van der Waals surface area contributed by atoms with Crippen LogP contribution >= 0.6 is 11.3 Å². The summed E-state index contributed by atoms with van der Waals surface area (Å²) in [6.45, 7) is 0.641. The first-order chi connectivity index (χ1) is 13.8. The van der Waals surface area contributed by atoms with Gasteiger partial charge in [-0.05, 0) is 24.3 Å². The Morgan fingerprint density at radius 1 is 1.38 bits per heavy atom. The van der Waals surface area contributed by atoms with Gasteiger partial charge in [0.25, 0.3) is 0 Å². The molecule has 0 radical (unpaired) electrons. The number of carbonyl (C=O) groups is 1. The number of aliphatic hydroxyl groups excluding tert-OH is 1. The van der Waals surface area contributed by atoms with E-state index < -0.39 is 23.3 Å². The normalized spacial score (nSPS) is 12.9. The molecule has 2 heterocycles. The Morgan fingerprint density at radius 2 is 2.17 bits per heavy atom. The topological polar surface area (TPSA) is 93.8 Å². The van der Waals surface area contributed by atoms with Crippen molar-refractivity contribution in [3.05, 3.63) is 46.1 Å². The van der Waals surface area contributed by atoms with Crippen molar-refractivity contribution in [3.63, 3.8) is 0 Å². The summed E-state index contributed by atoms with van der Waals surface area (Å²) in [6, 6.07) is 6.59. The summed E-state index contributed by atoms with van der Waals surface area (Å²) in [4.78, 5) is 14.9. The van der Waals surface area contributed by atoms with Crippen LogP contribution in [-0.2, 0) is 10.9 Å². The maximum Gasteiger partial charge on any atom is 0.443 e. The molecule has 1 aromatic carbocycles. The minimum absolute atomic E-state index is 0.0254. The van der Waals surface area contributed by atoms with Gasteiger partial charge in [0.15, 0.2) is 5.01 Å². The number of thiazole rings is 1. The van der Waals surface area contributed by atoms with Crippen LogP contribution in [0.1, 0.15) is 27.4 Å². The van der Waals surface area contributed by atoms with Gasteiger partial charge >= 0.3 is 12.1 Å². The number of hydrogen-bond acceptors (Lipinski definition) is 8. The van der Waals surface area contributed by atoms with E-state index in [4.69, 9.17) is 9.15 Å². The van der Waals surface area contributed by atoms with Crippen molar-refractivity contribution >= 4 is 28.3 Å². The van der Waals surface area contributed by atoms with Gasteiger partial charge < -0.3 is 24.3 Å². The summed E-state index contributed by atoms with van der Waals surface area (Å²) in [7, 11) is 1.26. The van der Waals surface area contributed by atoms with Gasteiger partial charge in [-0.1, -0.05) is 0 Å². The number of esters is 1. The van der Waals surface area contributed by atoms with Gasteiger partial charge in [0, 0.05) is 23.9 Å². The molecule has 0 spiro atoms. The Kier molecular flexibility index (Phi) is 6.40. The second kappa shape index (κ2) is 8.80. The number of furan rings is 1. The zero-order chi connectivity index (χ0) is 21.0. The van der Waals surface area contributed by atoms with E-state index in [1.54, 1.807) is 24.3 Å². The van der Waals surface area contributed by atoms with Crippen molar-refractivity contribution in [1.29, 1.82) is 0 Å². The van der Waals surface area contributed by atoms with Crippen LogP contribution in [0.3, 0.4) is 0 Å². The lowest BCUT2D eigenvalue weighted by Gasteiger charge is -2.11. The molecule has 29 heavy (non-hydrogen) atoms. The number of carbonyl (C=O) groups excluding carboxylic acids is 1. The average Bonchev–Trinajstić information content (AvgIpc) is 3.33. The molecule has 7 nitrogen and oxygen atoms in total. The van der Waals surface area contributed by atoms with Crippen molar-refractivity contribution in [2.75, 3.05) is 26.8 Å². The predicted octanol–water partition coefficient (Wildman–Crippen LogP) is 3.40. The van der Waals surface area contributed by atoms with Gasteiger partial charge in [-0.2, -0.15) is 13.2 Å². The number of nitrogens with zero attached hydrogens (tertiary/aromatic N) is 1. The predicted molar refractivity (Wildman–Crippen MR) is 98.0 cm³/mol. The number of halogens is 3. The monoisotopic (exact) mass is 430 g/mol. The Hall–Kier alpha value is -2.63. The summed E-state index contributed by atoms with van der Waals surface area (Å²) in [5.74, 6) is 0.0614. The lowest BCUT2D eigenvalue weighted by Crippen LogP contribution is -2.26. The molecule has 156 valence electrons. The number of nitrogens with one attached hydrogen (secondary N) is 1. The highest BCUT2D eigenvalue weighted by Crippen LogP contribution is 2.32. The van der Waals surface area contributed by atoms with Gasteiger partial charge in [0.05, 0.1) is 12.8 Å². The third-order valence-electron chi connectivity index (χ3n) is 3.87. The van der Waals surface area contributed by atoms with Crippen LogP contribution in [-0.4, -0.2) is 42.9 Å². The molecule has 3 aromatic rings. The zero-order valence-corrected chi connectivity index (χ0v) is 16.0. The Labute approximate surface area is 167 Å². The molecule has 2 aromatic heterocycles. The highest BCUT2D eigenvalue weighted by molar-refractivity contribution is 7.09. The van der Waals surface area contributed by atoms with Crippen LogP contribution in [0.25, 0.3) is 11.0 Å². The number of rotatable bonds is 8. The first kappa shape index (κ1) is 21.1. The fourth-order valence-electron chi connectivity index (χ4n) is 2.47. The molecule has 0 saturated heterocycles. The summed E-state index contributed by atoms with van der Waals surface area (Å²) < 4.78 is 53.2. The van der Waals surface area contributed by atoms with Crippen LogP contribution < -0.4 is 10.1 Å². The van der Waals surface area contributed by atoms with Gasteiger partial charge in [0.1, 0.15) is 24.0 Å². The second-order valence-electron chi connectivity index (χ2n) is 5.95. The van der Waals surface area contributed by atoms with Gasteiger partial charge in [-0.25, -0.2) is 9.78 Å². The molecule has 0 saturated carbocycles. The third kappa shape index (κ3) is 5.25. The maximum atomic E-state index is 12.5. The molecular weight excluding hydrogens is 413 g/mol. The largest absolute Gasteiger partial charge is 0.492 e. The highest BCUT2D eigenvalue weighted by Gasteiger charge is 2.35. The van der Waals surface area contributed by atoms with Crippen LogP contribution in [0.15, 0.2) is 34.1 Å². The smallest absolute Gasteiger partial charge is 0.443 e. The molecule has 0 fully saturated rings. The average molecular weight is 430 g/mol. The minimum Gasteiger partial charge on any atom is -0.492 e. The molecule has 0 amide bonds. The third-order valence-corrected chi connectivity index (χ3v) is 4.77. The van der Waals surface area contributed by atoms with E-state index in [-0.39, 0.29) is 24.6 Å². The minimum atomic E-state index is -4.52. The summed E-state index contributed by atoms with van der Waals surface area (Å²) in [5.41, 5.74) is 0.489. The summed E-state index contributed by atoms with van der Waals surface area (Å²) in [6.07, 6.45) is -5.67. The molecule has 0 aliphatic carbocycles. The second-order valence-corrected chi connectivity index (χ2v) is 6.80. The van der Waals surface area contributed by atoms with Crippen LogP contribution in [0, 0.1) is 0 Å². The standard InChI is InChI=1S/C18H17F3N2O5S/c1-26-16(25)15-7-10-6-11(2-3-14(10)28-15)27-5-4-22-8-13(24)12-9-29-17(23-12)18(19,20)21/h2-3,6-7,9,13,22,24H,4-5,8H2,1H3/t13-/m1/s1. The molecule has 0 aliphatic heterocycles. The van der Waals surface area contributed by atoms with Gasteiger partial charge in [-0.15, -0.1) is 11.3 Å². The first-order valence-electron chi connectivity index (χ1n) is 8.44. The molecule has 0 unspecified atom stereocenters. The number of methoxy groups -OCH3 is 1. The molecule has 2 N–H and O–H groups in total. The van der Waals surface area contributed by atoms with Gasteiger partial charge in [0.2, 0.25) is 5.76 Å². The number of benzene rings is 1. The molecule has 1 atom stereocenters. The van der Waals surface area contributed by atoms with Crippen molar-refractivity contribution in [1.82, 2.24) is 10.3 Å². The number of hydrogen-bond donors (Lipinski definition) is 2. The molecule has 0 bridgehead atoms. The molecule has 0 aliphatic rings. The quantitative estimate of drug-likeness (QED) is 0.418. The SMILES string of the molecule is COC(=O)c1cc2cc(OCCNC[C@@H](O)c3csc(C(F)(F)F)n3)ccc2o1. The Bertz CT molecular complexity index is 985. The fourth-order valence-corrected chi connectivity index (χ4v) is 3.20. The van der Waals surface area contributed by atoms with E-state index in [9.17, 15) is 23.1 Å². The zero-order valence-electron chi connectivity index (χ0n) is 15.2. The lowest BCUT2D eigenvalue weighted by molar-refractivity contribution is -0.137. The summed E-state index contributed by atoms with van der Waals surface area (Å²) in [5, 5.41) is 13.7. The van der Waals surface area contributed by atoms with Crippen LogP contribution in [0.4, 0.5) is 13.2 Å².